The summed E-state index contributed by atoms with van der Waals surface area (Å²) in [6.07, 6.45) is 6.88. The van der Waals surface area contributed by atoms with Crippen LogP contribution in [0, 0.1) is 13.8 Å². The molecular weight excluding hydrogens is 242 g/mol. The topological polar surface area (TPSA) is 3.88 Å². The summed E-state index contributed by atoms with van der Waals surface area (Å²) in [6, 6.07) is 8.64. The van der Waals surface area contributed by atoms with E-state index in [9.17, 15) is 0 Å². The van der Waals surface area contributed by atoms with Crippen LogP contribution in [-0.4, -0.2) is 0 Å². The third kappa shape index (κ3) is 1.81. The third-order valence-electron chi connectivity index (χ3n) is 4.37. The van der Waals surface area contributed by atoms with Crippen LogP contribution in [0.2, 0.25) is 0 Å². The lowest BCUT2D eigenvalue weighted by molar-refractivity contribution is -0.660. The van der Waals surface area contributed by atoms with Crippen LogP contribution < -0.4 is 4.57 Å². The first kappa shape index (κ1) is 13.1. The summed E-state index contributed by atoms with van der Waals surface area (Å²) < 4.78 is 2.27. The Kier molecular flexibility index (Phi) is 2.82. The minimum atomic E-state index is 0.130. The van der Waals surface area contributed by atoms with Crippen molar-refractivity contribution in [2.24, 2.45) is 7.05 Å². The number of allylic oxidation sites excluding steroid dienone is 1. The Morgan fingerprint density at radius 3 is 2.40 bits per heavy atom. The van der Waals surface area contributed by atoms with Gasteiger partial charge < -0.3 is 0 Å². The molecular formula is C19H22N+. The molecule has 1 aliphatic rings. The van der Waals surface area contributed by atoms with Gasteiger partial charge in [-0.3, -0.25) is 0 Å². The monoisotopic (exact) mass is 264 g/mol. The third-order valence-corrected chi connectivity index (χ3v) is 4.37. The molecule has 102 valence electrons. The number of pyridine rings is 1. The van der Waals surface area contributed by atoms with Crippen molar-refractivity contribution in [1.29, 1.82) is 0 Å². The van der Waals surface area contributed by atoms with Gasteiger partial charge in [0.05, 0.1) is 5.56 Å². The van der Waals surface area contributed by atoms with Gasteiger partial charge in [0.15, 0.2) is 6.20 Å². The van der Waals surface area contributed by atoms with Gasteiger partial charge in [0.2, 0.25) is 5.69 Å². The Morgan fingerprint density at radius 2 is 1.70 bits per heavy atom. The number of fused-ring (bicyclic) bond motifs is 1. The zero-order chi connectivity index (χ0) is 14.5. The van der Waals surface area contributed by atoms with Crippen LogP contribution in [0.15, 0.2) is 36.5 Å². The first-order valence-electron chi connectivity index (χ1n) is 7.21. The predicted octanol–water partition coefficient (Wildman–Crippen LogP) is 4.10. The molecule has 0 aliphatic heterocycles. The second kappa shape index (κ2) is 4.31. The molecule has 1 nitrogen and oxygen atoms in total. The number of nitrogens with zero attached hydrogens (tertiary/aromatic N) is 1. The number of hydrogen-bond donors (Lipinski definition) is 0. The van der Waals surface area contributed by atoms with Crippen molar-refractivity contribution in [3.8, 4) is 11.3 Å². The first-order valence-corrected chi connectivity index (χ1v) is 7.21. The highest BCUT2D eigenvalue weighted by atomic mass is 14.9. The van der Waals surface area contributed by atoms with Crippen LogP contribution in [0.3, 0.4) is 0 Å². The summed E-state index contributed by atoms with van der Waals surface area (Å²) in [4.78, 5) is 0. The molecule has 20 heavy (non-hydrogen) atoms. The highest BCUT2D eigenvalue weighted by Crippen LogP contribution is 2.41. The highest BCUT2D eigenvalue weighted by molar-refractivity contribution is 5.78. The normalized spacial score (nSPS) is 15.4. The maximum absolute atomic E-state index is 2.33. The summed E-state index contributed by atoms with van der Waals surface area (Å²) in [6.45, 7) is 8.99. The minimum absolute atomic E-state index is 0.130. The van der Waals surface area contributed by atoms with Crippen molar-refractivity contribution in [3.05, 3.63) is 58.8 Å². The van der Waals surface area contributed by atoms with Crippen LogP contribution in [0.25, 0.3) is 17.3 Å². The second-order valence-corrected chi connectivity index (χ2v) is 6.43. The van der Waals surface area contributed by atoms with E-state index in [0.29, 0.717) is 0 Å². The predicted molar refractivity (Wildman–Crippen MR) is 84.6 cm³/mol. The largest absolute Gasteiger partial charge is 0.220 e. The smallest absolute Gasteiger partial charge is 0.200 e. The number of rotatable bonds is 1. The van der Waals surface area contributed by atoms with Crippen molar-refractivity contribution in [3.63, 3.8) is 0 Å². The minimum Gasteiger partial charge on any atom is -0.200 e. The summed E-state index contributed by atoms with van der Waals surface area (Å²) in [7, 11) is 2.15. The number of benzene rings is 1. The van der Waals surface area contributed by atoms with E-state index < -0.39 is 0 Å². The Labute approximate surface area is 121 Å². The van der Waals surface area contributed by atoms with Crippen LogP contribution in [0.5, 0.6) is 0 Å². The Bertz CT molecular complexity index is 721. The number of aromatic nitrogens is 1. The molecule has 0 saturated heterocycles. The molecule has 0 unspecified atom stereocenters. The molecule has 0 bridgehead atoms. The number of aryl methyl sites for hydroxylation is 3. The van der Waals surface area contributed by atoms with E-state index in [1.54, 1.807) is 0 Å². The molecule has 1 heteroatoms. The maximum atomic E-state index is 2.33. The van der Waals surface area contributed by atoms with Crippen LogP contribution >= 0.6 is 0 Å². The van der Waals surface area contributed by atoms with Crippen LogP contribution in [0.1, 0.15) is 36.1 Å². The van der Waals surface area contributed by atoms with E-state index in [-0.39, 0.29) is 5.41 Å². The van der Waals surface area contributed by atoms with E-state index in [1.165, 1.54) is 33.5 Å². The van der Waals surface area contributed by atoms with Gasteiger partial charge in [0.1, 0.15) is 7.05 Å². The lowest BCUT2D eigenvalue weighted by Crippen LogP contribution is -2.34. The maximum Gasteiger partial charge on any atom is 0.220 e. The highest BCUT2D eigenvalue weighted by Gasteiger charge is 2.33. The average Bonchev–Trinajstić information content (AvgIpc) is 2.68. The summed E-state index contributed by atoms with van der Waals surface area (Å²) in [5.41, 5.74) is 8.33. The van der Waals surface area contributed by atoms with E-state index in [4.69, 9.17) is 0 Å². The standard InChI is InChI=1S/C19H22N/c1-13-8-6-7-9-15(13)18-16-10-11-19(3,4)17(16)14(2)12-20(18)5/h6-12H,1-5H3/q+1. The molecule has 1 heterocycles. The van der Waals surface area contributed by atoms with Crippen molar-refractivity contribution in [2.45, 2.75) is 33.1 Å². The fourth-order valence-corrected chi connectivity index (χ4v) is 3.51. The van der Waals surface area contributed by atoms with E-state index in [1.807, 2.05) is 0 Å². The fraction of sp³-hybridized carbons (Fsp3) is 0.316. The van der Waals surface area contributed by atoms with Gasteiger partial charge in [-0.1, -0.05) is 44.2 Å². The molecule has 3 rings (SSSR count). The van der Waals surface area contributed by atoms with Gasteiger partial charge in [0, 0.05) is 16.5 Å². The average molecular weight is 264 g/mol. The molecule has 2 aromatic rings. The molecule has 0 amide bonds. The molecule has 0 saturated carbocycles. The van der Waals surface area contributed by atoms with Gasteiger partial charge in [0.25, 0.3) is 0 Å². The van der Waals surface area contributed by atoms with Gasteiger partial charge in [-0.15, -0.1) is 0 Å². The first-order chi connectivity index (χ1) is 9.42. The zero-order valence-electron chi connectivity index (χ0n) is 13.0. The molecule has 0 fully saturated rings. The van der Waals surface area contributed by atoms with Crippen molar-refractivity contribution < 1.29 is 4.57 Å². The Morgan fingerprint density at radius 1 is 1.00 bits per heavy atom. The zero-order valence-corrected chi connectivity index (χ0v) is 13.0. The Balaban J connectivity index is 2.37. The Hall–Kier alpha value is -1.89. The molecule has 1 aromatic heterocycles. The van der Waals surface area contributed by atoms with Gasteiger partial charge in [-0.2, -0.15) is 0 Å². The molecule has 0 spiro atoms. The van der Waals surface area contributed by atoms with Crippen molar-refractivity contribution >= 4 is 6.08 Å². The molecule has 0 radical (unpaired) electrons. The summed E-state index contributed by atoms with van der Waals surface area (Å²) >= 11 is 0. The summed E-state index contributed by atoms with van der Waals surface area (Å²) in [5.74, 6) is 0. The second-order valence-electron chi connectivity index (χ2n) is 6.43. The molecule has 0 N–H and O–H groups in total. The molecule has 0 atom stereocenters. The lowest BCUT2D eigenvalue weighted by atomic mass is 9.83. The molecule has 1 aromatic carbocycles. The van der Waals surface area contributed by atoms with Crippen LogP contribution in [-0.2, 0) is 12.5 Å². The van der Waals surface area contributed by atoms with Gasteiger partial charge in [-0.05, 0) is 31.0 Å². The van der Waals surface area contributed by atoms with Crippen LogP contribution in [0.4, 0.5) is 0 Å². The van der Waals surface area contributed by atoms with Crippen molar-refractivity contribution in [1.82, 2.24) is 0 Å². The SMILES string of the molecule is Cc1ccccc1-c1c2c(c(C)c[n+]1C)C(C)(C)C=C2. The summed E-state index contributed by atoms with van der Waals surface area (Å²) in [5, 5.41) is 0. The fourth-order valence-electron chi connectivity index (χ4n) is 3.51. The van der Waals surface area contributed by atoms with Gasteiger partial charge in [-0.25, -0.2) is 4.57 Å². The molecule has 1 aliphatic carbocycles. The quantitative estimate of drug-likeness (QED) is 0.683. The van der Waals surface area contributed by atoms with E-state index >= 15 is 0 Å². The van der Waals surface area contributed by atoms with Crippen molar-refractivity contribution in [2.75, 3.05) is 0 Å². The van der Waals surface area contributed by atoms with E-state index in [0.717, 1.165) is 0 Å². The van der Waals surface area contributed by atoms with E-state index in [2.05, 4.69) is 81.9 Å². The number of hydrogen-bond acceptors (Lipinski definition) is 0. The van der Waals surface area contributed by atoms with Gasteiger partial charge >= 0.3 is 0 Å². The lowest BCUT2D eigenvalue weighted by Gasteiger charge is -2.20.